The van der Waals surface area contributed by atoms with E-state index in [1.165, 1.54) is 29.7 Å². The molecule has 2 aromatic rings. The Bertz CT molecular complexity index is 779. The van der Waals surface area contributed by atoms with E-state index >= 15 is 0 Å². The van der Waals surface area contributed by atoms with Crippen LogP contribution in [0.15, 0.2) is 6.33 Å². The molecule has 132 valence electrons. The van der Waals surface area contributed by atoms with E-state index in [2.05, 4.69) is 44.7 Å². The number of thiazole rings is 1. The summed E-state index contributed by atoms with van der Waals surface area (Å²) >= 11 is 1.67. The van der Waals surface area contributed by atoms with Crippen molar-refractivity contribution in [1.29, 1.82) is 0 Å². The lowest BCUT2D eigenvalue weighted by molar-refractivity contribution is -0.117. The lowest BCUT2D eigenvalue weighted by Crippen LogP contribution is -2.40. The molecule has 25 heavy (non-hydrogen) atoms. The van der Waals surface area contributed by atoms with E-state index in [1.54, 1.807) is 11.3 Å². The molecule has 1 atom stereocenters. The minimum atomic E-state index is -0.262. The molecular weight excluding hydrogens is 336 g/mol. The van der Waals surface area contributed by atoms with E-state index in [1.807, 2.05) is 0 Å². The molecule has 4 rings (SSSR count). The largest absolute Gasteiger partial charge is 0.356 e. The number of hydrogen-bond acceptors (Lipinski definition) is 7. The number of aromatic nitrogens is 3. The Kier molecular flexibility index (Phi) is 4.29. The molecule has 0 saturated carbocycles. The molecule has 0 fully saturated rings. The predicted molar refractivity (Wildman–Crippen MR) is 99.6 cm³/mol. The minimum absolute atomic E-state index is 0.0440. The summed E-state index contributed by atoms with van der Waals surface area (Å²) in [5.41, 5.74) is 1.79. The molecule has 1 amide bonds. The van der Waals surface area contributed by atoms with Crippen LogP contribution in [-0.4, -0.2) is 26.9 Å². The molecule has 3 heterocycles. The van der Waals surface area contributed by atoms with Gasteiger partial charge in [-0.05, 0) is 38.0 Å². The van der Waals surface area contributed by atoms with Crippen molar-refractivity contribution >= 4 is 39.7 Å². The first-order valence-electron chi connectivity index (χ1n) is 8.78. The second-order valence-corrected chi connectivity index (χ2v) is 8.07. The van der Waals surface area contributed by atoms with Gasteiger partial charge >= 0.3 is 0 Å². The van der Waals surface area contributed by atoms with Gasteiger partial charge in [0.25, 0.3) is 0 Å². The van der Waals surface area contributed by atoms with Crippen molar-refractivity contribution in [2.24, 2.45) is 5.92 Å². The SMILES string of the molecule is CC(C)CC1Nc2ncnc(Nc3nc4c(s3)CCCC4)c2NC1=O. The zero-order chi connectivity index (χ0) is 17.4. The van der Waals surface area contributed by atoms with Crippen LogP contribution in [-0.2, 0) is 17.6 Å². The summed E-state index contributed by atoms with van der Waals surface area (Å²) in [6.07, 6.45) is 6.85. The smallest absolute Gasteiger partial charge is 0.247 e. The van der Waals surface area contributed by atoms with Crippen molar-refractivity contribution in [3.63, 3.8) is 0 Å². The third kappa shape index (κ3) is 3.30. The quantitative estimate of drug-likeness (QED) is 0.776. The van der Waals surface area contributed by atoms with Gasteiger partial charge in [0.15, 0.2) is 16.8 Å². The maximum Gasteiger partial charge on any atom is 0.247 e. The Balaban J connectivity index is 1.58. The van der Waals surface area contributed by atoms with Gasteiger partial charge in [0.2, 0.25) is 5.91 Å². The van der Waals surface area contributed by atoms with E-state index < -0.39 is 0 Å². The van der Waals surface area contributed by atoms with Crippen LogP contribution in [0.1, 0.15) is 43.7 Å². The highest BCUT2D eigenvalue weighted by Gasteiger charge is 2.29. The third-order valence-corrected chi connectivity index (χ3v) is 5.57. The van der Waals surface area contributed by atoms with Crippen molar-refractivity contribution in [2.75, 3.05) is 16.0 Å². The number of amides is 1. The average molecular weight is 358 g/mol. The van der Waals surface area contributed by atoms with E-state index in [0.29, 0.717) is 23.2 Å². The lowest BCUT2D eigenvalue weighted by atomic mass is 10.0. The molecule has 2 aromatic heterocycles. The highest BCUT2D eigenvalue weighted by Crippen LogP contribution is 2.36. The zero-order valence-corrected chi connectivity index (χ0v) is 15.2. The number of carbonyl (C=O) groups is 1. The van der Waals surface area contributed by atoms with Crippen LogP contribution in [0.25, 0.3) is 0 Å². The summed E-state index contributed by atoms with van der Waals surface area (Å²) in [6.45, 7) is 4.20. The number of fused-ring (bicyclic) bond motifs is 2. The highest BCUT2D eigenvalue weighted by molar-refractivity contribution is 7.15. The molecule has 0 aromatic carbocycles. The molecule has 8 heteroatoms. The topological polar surface area (TPSA) is 91.8 Å². The molecule has 1 aliphatic heterocycles. The minimum Gasteiger partial charge on any atom is -0.356 e. The predicted octanol–water partition coefficient (Wildman–Crippen LogP) is 3.33. The number of nitrogens with zero attached hydrogens (tertiary/aromatic N) is 3. The first-order valence-corrected chi connectivity index (χ1v) is 9.60. The van der Waals surface area contributed by atoms with Crippen molar-refractivity contribution in [3.8, 4) is 0 Å². The maximum atomic E-state index is 12.4. The van der Waals surface area contributed by atoms with Gasteiger partial charge in [-0.3, -0.25) is 4.79 Å². The summed E-state index contributed by atoms with van der Waals surface area (Å²) < 4.78 is 0. The van der Waals surface area contributed by atoms with Gasteiger partial charge in [0.1, 0.15) is 18.1 Å². The number of anilines is 4. The summed E-state index contributed by atoms with van der Waals surface area (Å²) in [5, 5.41) is 10.3. The van der Waals surface area contributed by atoms with Crippen molar-refractivity contribution in [1.82, 2.24) is 15.0 Å². The van der Waals surface area contributed by atoms with Crippen LogP contribution in [0.2, 0.25) is 0 Å². The molecular formula is C17H22N6OS. The summed E-state index contributed by atoms with van der Waals surface area (Å²) in [7, 11) is 0. The third-order valence-electron chi connectivity index (χ3n) is 4.50. The molecule has 0 bridgehead atoms. The Hall–Kier alpha value is -2.22. The molecule has 3 N–H and O–H groups in total. The lowest BCUT2D eigenvalue weighted by Gasteiger charge is -2.27. The fraction of sp³-hybridized carbons (Fsp3) is 0.529. The van der Waals surface area contributed by atoms with Gasteiger partial charge in [0.05, 0.1) is 5.69 Å². The second-order valence-electron chi connectivity index (χ2n) is 6.98. The van der Waals surface area contributed by atoms with E-state index in [4.69, 9.17) is 0 Å². The van der Waals surface area contributed by atoms with Gasteiger partial charge in [-0.25, -0.2) is 15.0 Å². The van der Waals surface area contributed by atoms with Crippen molar-refractivity contribution in [2.45, 2.75) is 52.0 Å². The molecule has 2 aliphatic rings. The zero-order valence-electron chi connectivity index (χ0n) is 14.4. The van der Waals surface area contributed by atoms with Crippen molar-refractivity contribution < 1.29 is 4.79 Å². The molecule has 0 spiro atoms. The molecule has 1 unspecified atom stereocenters. The molecule has 0 saturated heterocycles. The first-order chi connectivity index (χ1) is 12.1. The second kappa shape index (κ2) is 6.59. The normalized spacial score (nSPS) is 19.0. The Morgan fingerprint density at radius 3 is 2.96 bits per heavy atom. The number of aryl methyl sites for hydroxylation is 2. The average Bonchev–Trinajstić information content (AvgIpc) is 2.98. The first kappa shape index (κ1) is 16.3. The summed E-state index contributed by atoms with van der Waals surface area (Å²) in [6, 6.07) is -0.262. The maximum absolute atomic E-state index is 12.4. The van der Waals surface area contributed by atoms with E-state index in [9.17, 15) is 4.79 Å². The van der Waals surface area contributed by atoms with Crippen LogP contribution in [0.4, 0.5) is 22.5 Å². The van der Waals surface area contributed by atoms with Crippen molar-refractivity contribution in [3.05, 3.63) is 16.9 Å². The van der Waals surface area contributed by atoms with Crippen LogP contribution in [0, 0.1) is 5.92 Å². The standard InChI is InChI=1S/C17H22N6OS/c1-9(2)7-11-16(24)22-13-14(20-11)18-8-19-15(13)23-17-21-10-5-3-4-6-12(10)25-17/h8-9,11H,3-7H2,1-2H3,(H,22,24)(H2,18,19,20,21,23). The molecule has 7 nitrogen and oxygen atoms in total. The number of nitrogens with one attached hydrogen (secondary N) is 3. The van der Waals surface area contributed by atoms with Gasteiger partial charge in [-0.15, -0.1) is 11.3 Å². The van der Waals surface area contributed by atoms with E-state index in [-0.39, 0.29) is 11.9 Å². The Morgan fingerprint density at radius 1 is 1.32 bits per heavy atom. The fourth-order valence-electron chi connectivity index (χ4n) is 3.29. The van der Waals surface area contributed by atoms with E-state index in [0.717, 1.165) is 24.4 Å². The fourth-order valence-corrected chi connectivity index (χ4v) is 4.34. The number of rotatable bonds is 4. The summed E-state index contributed by atoms with van der Waals surface area (Å²) in [4.78, 5) is 27.0. The van der Waals surface area contributed by atoms with Crippen LogP contribution >= 0.6 is 11.3 Å². The Morgan fingerprint density at radius 2 is 2.16 bits per heavy atom. The number of hydrogen-bond donors (Lipinski definition) is 3. The van der Waals surface area contributed by atoms with Crippen LogP contribution in [0.5, 0.6) is 0 Å². The molecule has 1 aliphatic carbocycles. The number of carbonyl (C=O) groups excluding carboxylic acids is 1. The van der Waals surface area contributed by atoms with Gasteiger partial charge in [-0.2, -0.15) is 0 Å². The van der Waals surface area contributed by atoms with Crippen LogP contribution in [0.3, 0.4) is 0 Å². The van der Waals surface area contributed by atoms with Gasteiger partial charge in [0, 0.05) is 4.88 Å². The highest BCUT2D eigenvalue weighted by atomic mass is 32.1. The Labute approximate surface area is 150 Å². The molecule has 0 radical (unpaired) electrons. The monoisotopic (exact) mass is 358 g/mol. The van der Waals surface area contributed by atoms with Gasteiger partial charge in [-0.1, -0.05) is 13.8 Å². The van der Waals surface area contributed by atoms with Crippen LogP contribution < -0.4 is 16.0 Å². The van der Waals surface area contributed by atoms with Gasteiger partial charge < -0.3 is 16.0 Å². The summed E-state index contributed by atoms with van der Waals surface area (Å²) in [5.74, 6) is 1.62.